The van der Waals surface area contributed by atoms with Crippen LogP contribution in [0.3, 0.4) is 0 Å². The van der Waals surface area contributed by atoms with Crippen molar-refractivity contribution in [2.75, 3.05) is 26.7 Å². The molecule has 0 radical (unpaired) electrons. The number of imide groups is 1. The lowest BCUT2D eigenvalue weighted by Crippen LogP contribution is -2.47. The number of nitrogens with one attached hydrogen (secondary N) is 1. The molecule has 0 aliphatic carbocycles. The summed E-state index contributed by atoms with van der Waals surface area (Å²) in [6.45, 7) is 0.381. The largest absolute Gasteiger partial charge is 0.327 e. The molecule has 2 fully saturated rings. The number of H-pyrrole nitrogens is 1. The Kier molecular flexibility index (Phi) is 4.78. The van der Waals surface area contributed by atoms with Gasteiger partial charge in [-0.3, -0.25) is 9.69 Å². The number of sulfonamides is 1. The second-order valence-corrected chi connectivity index (χ2v) is 8.81. The summed E-state index contributed by atoms with van der Waals surface area (Å²) in [6.07, 6.45) is 0.815. The zero-order valence-electron chi connectivity index (χ0n) is 15.4. The van der Waals surface area contributed by atoms with Crippen molar-refractivity contribution in [3.8, 4) is 11.4 Å². The van der Waals surface area contributed by atoms with E-state index in [0.717, 1.165) is 11.0 Å². The Morgan fingerprint density at radius 1 is 1.21 bits per heavy atom. The summed E-state index contributed by atoms with van der Waals surface area (Å²) >= 11 is 0. The number of urea groups is 1. The normalized spacial score (nSPS) is 19.4. The molecule has 0 unspecified atom stereocenters. The van der Waals surface area contributed by atoms with Crippen molar-refractivity contribution in [1.29, 1.82) is 0 Å². The fraction of sp³-hybridized carbons (Fsp3) is 0.438. The third-order valence-corrected chi connectivity index (χ3v) is 7.13. The van der Waals surface area contributed by atoms with Crippen molar-refractivity contribution in [3.63, 3.8) is 0 Å². The van der Waals surface area contributed by atoms with E-state index in [-0.39, 0.29) is 53.9 Å². The van der Waals surface area contributed by atoms with Crippen molar-refractivity contribution in [3.05, 3.63) is 24.0 Å². The van der Waals surface area contributed by atoms with Gasteiger partial charge in [0.2, 0.25) is 21.8 Å². The summed E-state index contributed by atoms with van der Waals surface area (Å²) in [7, 11) is -2.44. The number of hydrogen-bond acceptors (Lipinski definition) is 7. The number of rotatable bonds is 4. The van der Waals surface area contributed by atoms with Crippen molar-refractivity contribution >= 4 is 22.0 Å². The van der Waals surface area contributed by atoms with Crippen LogP contribution in [0, 0.1) is 5.82 Å². The average Bonchev–Trinajstić information content (AvgIpc) is 3.33. The molecule has 1 aromatic carbocycles. The van der Waals surface area contributed by atoms with Crippen LogP contribution in [-0.2, 0) is 14.8 Å². The van der Waals surface area contributed by atoms with Crippen LogP contribution in [0.1, 0.15) is 12.8 Å². The van der Waals surface area contributed by atoms with Gasteiger partial charge < -0.3 is 4.90 Å². The molecular formula is C16H18FN7O4S. The van der Waals surface area contributed by atoms with Gasteiger partial charge in [0.1, 0.15) is 12.4 Å². The Labute approximate surface area is 165 Å². The van der Waals surface area contributed by atoms with Gasteiger partial charge >= 0.3 is 6.03 Å². The first kappa shape index (κ1) is 19.4. The van der Waals surface area contributed by atoms with Crippen LogP contribution in [0.15, 0.2) is 23.1 Å². The molecule has 2 aliphatic rings. The van der Waals surface area contributed by atoms with Crippen LogP contribution < -0.4 is 0 Å². The van der Waals surface area contributed by atoms with E-state index >= 15 is 0 Å². The Balaban J connectivity index is 1.51. The van der Waals surface area contributed by atoms with Crippen LogP contribution in [0.4, 0.5) is 9.18 Å². The van der Waals surface area contributed by atoms with Crippen molar-refractivity contribution in [2.45, 2.75) is 23.8 Å². The summed E-state index contributed by atoms with van der Waals surface area (Å²) in [5, 5.41) is 12.9. The van der Waals surface area contributed by atoms with Gasteiger partial charge in [0.25, 0.3) is 0 Å². The third-order valence-electron chi connectivity index (χ3n) is 5.24. The highest BCUT2D eigenvalue weighted by molar-refractivity contribution is 7.89. The van der Waals surface area contributed by atoms with E-state index < -0.39 is 15.8 Å². The molecule has 1 N–H and O–H groups in total. The lowest BCUT2D eigenvalue weighted by Gasteiger charge is -2.35. The van der Waals surface area contributed by atoms with E-state index in [0.29, 0.717) is 12.8 Å². The van der Waals surface area contributed by atoms with Crippen molar-refractivity contribution in [2.24, 2.45) is 0 Å². The van der Waals surface area contributed by atoms with Gasteiger partial charge in [0.15, 0.2) is 0 Å². The van der Waals surface area contributed by atoms with Crippen LogP contribution in [-0.4, -0.2) is 87.8 Å². The first-order valence-electron chi connectivity index (χ1n) is 8.89. The topological polar surface area (TPSA) is 132 Å². The number of hydrogen-bond donors (Lipinski definition) is 1. The predicted molar refractivity (Wildman–Crippen MR) is 96.2 cm³/mol. The third kappa shape index (κ3) is 3.35. The minimum atomic E-state index is -3.87. The van der Waals surface area contributed by atoms with Crippen molar-refractivity contribution in [1.82, 2.24) is 34.7 Å². The zero-order valence-corrected chi connectivity index (χ0v) is 16.3. The zero-order chi connectivity index (χ0) is 20.8. The molecule has 29 heavy (non-hydrogen) atoms. The number of aromatic nitrogens is 4. The summed E-state index contributed by atoms with van der Waals surface area (Å²) in [6, 6.07) is 2.86. The number of tetrazole rings is 1. The van der Waals surface area contributed by atoms with E-state index in [1.165, 1.54) is 28.4 Å². The molecular weight excluding hydrogens is 405 g/mol. The quantitative estimate of drug-likeness (QED) is 0.687. The molecule has 2 aromatic rings. The Hall–Kier alpha value is -2.93. The number of amides is 3. The molecule has 0 bridgehead atoms. The number of halogens is 1. The highest BCUT2D eigenvalue weighted by atomic mass is 32.2. The first-order chi connectivity index (χ1) is 13.8. The van der Waals surface area contributed by atoms with Gasteiger partial charge in [0, 0.05) is 26.2 Å². The number of piperidine rings is 1. The Bertz CT molecular complexity index is 1050. The number of likely N-dealkylation sites (N-methyl/N-ethyl adjacent to an activating group) is 1. The van der Waals surface area contributed by atoms with E-state index in [4.69, 9.17) is 0 Å². The fourth-order valence-corrected chi connectivity index (χ4v) is 5.06. The molecule has 154 valence electrons. The molecule has 11 nitrogen and oxygen atoms in total. The van der Waals surface area contributed by atoms with Crippen LogP contribution in [0.2, 0.25) is 0 Å². The van der Waals surface area contributed by atoms with Gasteiger partial charge in [-0.1, -0.05) is 0 Å². The van der Waals surface area contributed by atoms with Gasteiger partial charge in [-0.25, -0.2) is 17.6 Å². The maximum Gasteiger partial charge on any atom is 0.327 e. The number of carbonyl (C=O) groups excluding carboxylic acids is 2. The summed E-state index contributed by atoms with van der Waals surface area (Å²) in [5.74, 6) is -0.977. The molecule has 3 heterocycles. The molecule has 0 atom stereocenters. The number of aromatic amines is 1. The first-order valence-corrected chi connectivity index (χ1v) is 10.3. The number of carbonyl (C=O) groups is 2. The van der Waals surface area contributed by atoms with Gasteiger partial charge in [-0.2, -0.15) is 9.52 Å². The summed E-state index contributed by atoms with van der Waals surface area (Å²) < 4.78 is 41.4. The highest BCUT2D eigenvalue weighted by Gasteiger charge is 2.40. The monoisotopic (exact) mass is 423 g/mol. The fourth-order valence-electron chi connectivity index (χ4n) is 3.56. The summed E-state index contributed by atoms with van der Waals surface area (Å²) in [4.78, 5) is 26.3. The smallest absolute Gasteiger partial charge is 0.312 e. The average molecular weight is 423 g/mol. The highest BCUT2D eigenvalue weighted by Crippen LogP contribution is 2.28. The molecule has 2 aliphatic heterocycles. The number of nitrogens with zero attached hydrogens (tertiary/aromatic N) is 6. The van der Waals surface area contributed by atoms with E-state index in [1.54, 1.807) is 0 Å². The Morgan fingerprint density at radius 3 is 2.52 bits per heavy atom. The molecule has 3 amide bonds. The molecule has 4 rings (SSSR count). The number of benzene rings is 1. The van der Waals surface area contributed by atoms with Crippen LogP contribution >= 0.6 is 0 Å². The molecule has 1 aromatic heterocycles. The summed E-state index contributed by atoms with van der Waals surface area (Å²) in [5.41, 5.74) is -0.0704. The second-order valence-electron chi connectivity index (χ2n) is 6.88. The molecule has 2 saturated heterocycles. The lowest BCUT2D eigenvalue weighted by molar-refractivity contribution is -0.124. The predicted octanol–water partition coefficient (Wildman–Crippen LogP) is 0.0529. The molecule has 0 saturated carbocycles. The van der Waals surface area contributed by atoms with E-state index in [9.17, 15) is 22.4 Å². The maximum absolute atomic E-state index is 14.1. The lowest BCUT2D eigenvalue weighted by atomic mass is 10.1. The van der Waals surface area contributed by atoms with E-state index in [1.807, 2.05) is 0 Å². The van der Waals surface area contributed by atoms with Gasteiger partial charge in [-0.15, -0.1) is 10.2 Å². The minimum absolute atomic E-state index is 0.0127. The molecule has 0 spiro atoms. The van der Waals surface area contributed by atoms with Crippen LogP contribution in [0.25, 0.3) is 11.4 Å². The SMILES string of the molecule is CN1C(=O)CN(C2CCN(S(=O)(=O)c3ccc(F)c(-c4nn[nH]n4)c3)CC2)C1=O. The maximum atomic E-state index is 14.1. The van der Waals surface area contributed by atoms with Gasteiger partial charge in [-0.05, 0) is 36.3 Å². The minimum Gasteiger partial charge on any atom is -0.312 e. The Morgan fingerprint density at radius 2 is 1.93 bits per heavy atom. The van der Waals surface area contributed by atoms with Crippen LogP contribution in [0.5, 0.6) is 0 Å². The second kappa shape index (κ2) is 7.15. The molecule has 13 heteroatoms. The van der Waals surface area contributed by atoms with Crippen molar-refractivity contribution < 1.29 is 22.4 Å². The van der Waals surface area contributed by atoms with Gasteiger partial charge in [0.05, 0.1) is 10.5 Å². The standard InChI is InChI=1S/C16H18FN7O4S/c1-22-14(25)9-24(16(22)26)10-4-6-23(7-5-10)29(27,28)11-2-3-13(17)12(8-11)15-18-20-21-19-15/h2-3,8,10H,4-7,9H2,1H3,(H,18,19,20,21). The van der Waals surface area contributed by atoms with E-state index in [2.05, 4.69) is 20.6 Å².